The Balaban J connectivity index is 3.07. The Morgan fingerprint density at radius 1 is 1.78 bits per heavy atom. The fourth-order valence-corrected chi connectivity index (χ4v) is 2.05. The number of anilines is 1. The van der Waals surface area contributed by atoms with Gasteiger partial charge in [-0.3, -0.25) is 14.9 Å². The number of carboxylic acids is 1. The molecule has 0 fully saturated rings. The van der Waals surface area contributed by atoms with Crippen LogP contribution in [0.2, 0.25) is 5.15 Å². The van der Waals surface area contributed by atoms with E-state index >= 15 is 0 Å². The Morgan fingerprint density at radius 2 is 2.39 bits per heavy atom. The van der Waals surface area contributed by atoms with Crippen molar-refractivity contribution in [1.82, 2.24) is 4.98 Å². The number of nitrogens with zero attached hydrogens (tertiary/aromatic N) is 2. The minimum Gasteiger partial charge on any atom is -0.481 e. The Kier molecular flexibility index (Phi) is 4.85. The van der Waals surface area contributed by atoms with Gasteiger partial charge in [0.25, 0.3) is 5.69 Å². The van der Waals surface area contributed by atoms with Crippen molar-refractivity contribution in [3.05, 3.63) is 25.9 Å². The summed E-state index contributed by atoms with van der Waals surface area (Å²) in [6, 6.07) is 0.684. The van der Waals surface area contributed by atoms with Crippen LogP contribution in [-0.4, -0.2) is 27.0 Å². The molecule has 0 saturated carbocycles. The summed E-state index contributed by atoms with van der Waals surface area (Å²) in [6.07, 6.45) is -0.191. The Bertz CT molecular complexity index is 497. The molecule has 1 heterocycles. The van der Waals surface area contributed by atoms with Crippen LogP contribution < -0.4 is 5.32 Å². The molecule has 1 aromatic rings. The number of pyridine rings is 1. The fraction of sp³-hybridized carbons (Fsp3) is 0.333. The topological polar surface area (TPSA) is 105 Å². The van der Waals surface area contributed by atoms with Gasteiger partial charge in [0.15, 0.2) is 10.8 Å². The summed E-state index contributed by atoms with van der Waals surface area (Å²) < 4.78 is 0.232. The molecule has 18 heavy (non-hydrogen) atoms. The predicted molar refractivity (Wildman–Crippen MR) is 68.9 cm³/mol. The first kappa shape index (κ1) is 14.7. The Hall–Kier alpha value is -1.41. The van der Waals surface area contributed by atoms with Gasteiger partial charge in [-0.1, -0.05) is 11.6 Å². The van der Waals surface area contributed by atoms with Crippen LogP contribution in [0, 0.1) is 10.1 Å². The molecule has 0 aromatic carbocycles. The third-order valence-electron chi connectivity index (χ3n) is 1.99. The number of hydrogen-bond acceptors (Lipinski definition) is 5. The summed E-state index contributed by atoms with van der Waals surface area (Å²) in [7, 11) is 0. The molecule has 0 saturated heterocycles. The van der Waals surface area contributed by atoms with Gasteiger partial charge in [-0.25, -0.2) is 4.98 Å². The molecule has 1 aromatic heterocycles. The van der Waals surface area contributed by atoms with Crippen molar-refractivity contribution in [3.8, 4) is 0 Å². The lowest BCUT2D eigenvalue weighted by Gasteiger charge is -2.14. The van der Waals surface area contributed by atoms with E-state index in [-0.39, 0.29) is 27.6 Å². The predicted octanol–water partition coefficient (Wildman–Crippen LogP) is 2.68. The van der Waals surface area contributed by atoms with Gasteiger partial charge >= 0.3 is 5.97 Å². The summed E-state index contributed by atoms with van der Waals surface area (Å²) in [5.41, 5.74) is -0.252. The van der Waals surface area contributed by atoms with E-state index in [1.54, 1.807) is 6.92 Å². The molecule has 0 aliphatic heterocycles. The first-order chi connectivity index (χ1) is 8.31. The van der Waals surface area contributed by atoms with Crippen molar-refractivity contribution in [2.75, 3.05) is 5.32 Å². The molecule has 0 amide bonds. The van der Waals surface area contributed by atoms with Crippen LogP contribution in [0.25, 0.3) is 0 Å². The molecule has 2 N–H and O–H groups in total. The maximum atomic E-state index is 10.9. The summed E-state index contributed by atoms with van der Waals surface area (Å²) in [6.45, 7) is 1.58. The lowest BCUT2D eigenvalue weighted by molar-refractivity contribution is -0.384. The van der Waals surface area contributed by atoms with E-state index in [1.807, 2.05) is 0 Å². The maximum Gasteiger partial charge on any atom is 0.305 e. The van der Waals surface area contributed by atoms with Crippen LogP contribution >= 0.6 is 27.5 Å². The fourth-order valence-electron chi connectivity index (χ4n) is 1.31. The van der Waals surface area contributed by atoms with E-state index in [4.69, 9.17) is 16.7 Å². The van der Waals surface area contributed by atoms with Gasteiger partial charge in [0.2, 0.25) is 0 Å². The quantitative estimate of drug-likeness (QED) is 0.486. The molecule has 0 spiro atoms. The van der Waals surface area contributed by atoms with Gasteiger partial charge in [0.1, 0.15) is 4.60 Å². The molecule has 1 atom stereocenters. The SMILES string of the molecule is C[C@H](CC(=O)O)Nc1c([N+](=O)[O-])cc(Br)nc1Cl. The van der Waals surface area contributed by atoms with Crippen LogP contribution in [0.3, 0.4) is 0 Å². The third kappa shape index (κ3) is 3.81. The third-order valence-corrected chi connectivity index (χ3v) is 2.67. The number of aliphatic carboxylic acids is 1. The molecule has 0 unspecified atom stereocenters. The molecule has 0 aliphatic carbocycles. The monoisotopic (exact) mass is 337 g/mol. The first-order valence-electron chi connectivity index (χ1n) is 4.80. The highest BCUT2D eigenvalue weighted by Gasteiger charge is 2.21. The van der Waals surface area contributed by atoms with Gasteiger partial charge in [-0.2, -0.15) is 0 Å². The van der Waals surface area contributed by atoms with Crippen molar-refractivity contribution in [1.29, 1.82) is 0 Å². The lowest BCUT2D eigenvalue weighted by atomic mass is 10.2. The average molecular weight is 339 g/mol. The Labute approximate surface area is 115 Å². The van der Waals surface area contributed by atoms with E-state index in [0.29, 0.717) is 0 Å². The standard InChI is InChI=1S/C9H9BrClN3O4/c1-4(2-7(15)16)12-8-5(14(17)18)3-6(10)13-9(8)11/h3-4,12H,2H2,1H3,(H,15,16)/t4-/m1/s1. The zero-order valence-electron chi connectivity index (χ0n) is 9.18. The van der Waals surface area contributed by atoms with E-state index in [9.17, 15) is 14.9 Å². The van der Waals surface area contributed by atoms with Crippen LogP contribution in [0.15, 0.2) is 10.7 Å². The first-order valence-corrected chi connectivity index (χ1v) is 5.97. The van der Waals surface area contributed by atoms with E-state index in [2.05, 4.69) is 26.2 Å². The second-order valence-corrected chi connectivity index (χ2v) is 4.70. The van der Waals surface area contributed by atoms with Gasteiger partial charge in [0.05, 0.1) is 17.4 Å². The summed E-state index contributed by atoms with van der Waals surface area (Å²) >= 11 is 8.80. The molecule has 9 heteroatoms. The minimum atomic E-state index is -1.01. The molecule has 1 rings (SSSR count). The Morgan fingerprint density at radius 3 is 2.89 bits per heavy atom. The number of hydrogen-bond donors (Lipinski definition) is 2. The highest BCUT2D eigenvalue weighted by atomic mass is 79.9. The summed E-state index contributed by atoms with van der Waals surface area (Å²) in [4.78, 5) is 24.6. The number of carboxylic acid groups (broad SMARTS) is 1. The van der Waals surface area contributed by atoms with Gasteiger partial charge in [-0.15, -0.1) is 0 Å². The molecule has 0 radical (unpaired) electrons. The van der Waals surface area contributed by atoms with Crippen LogP contribution in [-0.2, 0) is 4.79 Å². The smallest absolute Gasteiger partial charge is 0.305 e. The molecular formula is C9H9BrClN3O4. The van der Waals surface area contributed by atoms with E-state index < -0.39 is 16.9 Å². The second-order valence-electron chi connectivity index (χ2n) is 3.53. The molecule has 98 valence electrons. The van der Waals surface area contributed by atoms with Crippen molar-refractivity contribution in [2.24, 2.45) is 0 Å². The van der Waals surface area contributed by atoms with E-state index in [1.165, 1.54) is 6.07 Å². The lowest BCUT2D eigenvalue weighted by Crippen LogP contribution is -2.20. The van der Waals surface area contributed by atoms with Crippen molar-refractivity contribution in [2.45, 2.75) is 19.4 Å². The summed E-state index contributed by atoms with van der Waals surface area (Å²) in [5, 5.41) is 22.1. The molecule has 0 aliphatic rings. The number of aromatic nitrogens is 1. The zero-order chi connectivity index (χ0) is 13.9. The second kappa shape index (κ2) is 5.96. The van der Waals surface area contributed by atoms with Crippen LogP contribution in [0.5, 0.6) is 0 Å². The number of halogens is 2. The van der Waals surface area contributed by atoms with Crippen molar-refractivity contribution in [3.63, 3.8) is 0 Å². The molecular weight excluding hydrogens is 329 g/mol. The highest BCUT2D eigenvalue weighted by molar-refractivity contribution is 9.10. The van der Waals surface area contributed by atoms with Crippen LogP contribution in [0.4, 0.5) is 11.4 Å². The van der Waals surface area contributed by atoms with Gasteiger partial charge in [-0.05, 0) is 22.9 Å². The normalized spacial score (nSPS) is 11.9. The number of nitro groups is 1. The minimum absolute atomic E-state index is 0.0126. The molecule has 7 nitrogen and oxygen atoms in total. The highest BCUT2D eigenvalue weighted by Crippen LogP contribution is 2.33. The number of nitrogens with one attached hydrogen (secondary N) is 1. The average Bonchev–Trinajstić information content (AvgIpc) is 2.20. The van der Waals surface area contributed by atoms with Gasteiger partial charge < -0.3 is 10.4 Å². The largest absolute Gasteiger partial charge is 0.481 e. The maximum absolute atomic E-state index is 10.9. The van der Waals surface area contributed by atoms with Crippen molar-refractivity contribution < 1.29 is 14.8 Å². The number of carbonyl (C=O) groups is 1. The van der Waals surface area contributed by atoms with E-state index in [0.717, 1.165) is 0 Å². The zero-order valence-corrected chi connectivity index (χ0v) is 11.5. The molecule has 0 bridgehead atoms. The number of rotatable bonds is 5. The van der Waals surface area contributed by atoms with Crippen LogP contribution in [0.1, 0.15) is 13.3 Å². The summed E-state index contributed by atoms with van der Waals surface area (Å²) in [5.74, 6) is -1.01. The van der Waals surface area contributed by atoms with Gasteiger partial charge in [0, 0.05) is 6.04 Å². The van der Waals surface area contributed by atoms with Crippen molar-refractivity contribution >= 4 is 44.9 Å².